The second kappa shape index (κ2) is 14.4. The van der Waals surface area contributed by atoms with Crippen LogP contribution < -0.4 is 4.90 Å². The van der Waals surface area contributed by atoms with E-state index in [1.54, 1.807) is 0 Å². The van der Waals surface area contributed by atoms with Gasteiger partial charge in [-0.2, -0.15) is 0 Å². The quantitative estimate of drug-likeness (QED) is 0.0937. The highest BCUT2D eigenvalue weighted by atomic mass is 19.2. The molecule has 61 heavy (non-hydrogen) atoms. The van der Waals surface area contributed by atoms with Gasteiger partial charge >= 0.3 is 0 Å². The maximum atomic E-state index is 16.5. The van der Waals surface area contributed by atoms with Gasteiger partial charge in [-0.05, 0) is 48.6 Å². The number of benzene rings is 3. The molecule has 312 valence electrons. The van der Waals surface area contributed by atoms with Crippen molar-refractivity contribution in [1.82, 2.24) is 19.9 Å². The lowest BCUT2D eigenvalue weighted by atomic mass is 10.0. The molecule has 6 nitrogen and oxygen atoms in total. The van der Waals surface area contributed by atoms with Crippen molar-refractivity contribution in [1.29, 1.82) is 0 Å². The van der Waals surface area contributed by atoms with Crippen LogP contribution in [0.25, 0.3) is 78.6 Å². The lowest BCUT2D eigenvalue weighted by Gasteiger charge is -2.30. The van der Waals surface area contributed by atoms with E-state index in [2.05, 4.69) is 19.9 Å². The summed E-state index contributed by atoms with van der Waals surface area (Å²) in [5, 5.41) is 0. The monoisotopic (exact) mass is 863 g/mol. The van der Waals surface area contributed by atoms with Crippen LogP contribution in [-0.4, -0.2) is 46.2 Å². The fourth-order valence-electron chi connectivity index (χ4n) is 7.49. The number of halogens is 14. The van der Waals surface area contributed by atoms with Crippen LogP contribution in [0.4, 0.5) is 67.2 Å². The highest BCUT2D eigenvalue weighted by Crippen LogP contribution is 2.43. The molecule has 6 heterocycles. The molecule has 20 heteroatoms. The van der Waals surface area contributed by atoms with Crippen LogP contribution in [-0.2, 0) is 4.74 Å². The number of nitrogens with zero attached hydrogens (tertiary/aromatic N) is 2. The zero-order valence-corrected chi connectivity index (χ0v) is 30.0. The summed E-state index contributed by atoms with van der Waals surface area (Å²) in [4.78, 5) is 13.1. The first kappa shape index (κ1) is 39.6. The standard InChI is InChI=1S/C41H19F14N5O/c42-27-24(28(43)34(49)37(52)33(27)48)21-15-3-1-13(56-15)14-2-4-16(57-14)22(25-29(44)35(50)38(53)36(51)30(25)45)18-6-8-20(59-18)23(19-7-5-17(21)58-19)26-31(46)39(54)41(40(55)32(26)47)60-9-11-61-12-10-60/h1-8,56-58H,9-12H2. The maximum absolute atomic E-state index is 16.5. The van der Waals surface area contributed by atoms with Gasteiger partial charge in [0.15, 0.2) is 69.8 Å². The van der Waals surface area contributed by atoms with Gasteiger partial charge in [-0.15, -0.1) is 0 Å². The normalized spacial score (nSPS) is 13.6. The topological polar surface area (TPSA) is 72.7 Å². The fourth-order valence-corrected chi connectivity index (χ4v) is 7.49. The second-order valence-corrected chi connectivity index (χ2v) is 13.7. The van der Waals surface area contributed by atoms with Crippen molar-refractivity contribution in [2.75, 3.05) is 31.2 Å². The Labute approximate surface area is 330 Å². The molecule has 9 rings (SSSR count). The number of fused-ring (bicyclic) bond motifs is 9. The number of hydrogen-bond donors (Lipinski definition) is 3. The Morgan fingerprint density at radius 3 is 1.05 bits per heavy atom. The van der Waals surface area contributed by atoms with E-state index in [0.29, 0.717) is 0 Å². The van der Waals surface area contributed by atoms with Crippen LogP contribution in [0.15, 0.2) is 36.4 Å². The summed E-state index contributed by atoms with van der Waals surface area (Å²) in [6.45, 7) is -0.518. The lowest BCUT2D eigenvalue weighted by Crippen LogP contribution is -2.37. The molecule has 0 aliphatic carbocycles. The molecule has 0 unspecified atom stereocenters. The Kier molecular flexibility index (Phi) is 9.37. The van der Waals surface area contributed by atoms with E-state index in [0.717, 1.165) is 41.3 Å². The zero-order chi connectivity index (χ0) is 43.3. The number of morpholine rings is 1. The lowest BCUT2D eigenvalue weighted by molar-refractivity contribution is 0.122. The van der Waals surface area contributed by atoms with Crippen LogP contribution in [0.3, 0.4) is 0 Å². The summed E-state index contributed by atoms with van der Waals surface area (Å²) >= 11 is 0. The predicted octanol–water partition coefficient (Wildman–Crippen LogP) is 11.5. The molecule has 1 fully saturated rings. The molecule has 3 aromatic carbocycles. The van der Waals surface area contributed by atoms with Crippen molar-refractivity contribution in [2.45, 2.75) is 0 Å². The van der Waals surface area contributed by atoms with Crippen molar-refractivity contribution in [3.63, 3.8) is 0 Å². The predicted molar refractivity (Wildman–Crippen MR) is 194 cm³/mol. The fraction of sp³-hybridized carbons (Fsp3) is 0.0976. The van der Waals surface area contributed by atoms with Crippen molar-refractivity contribution in [3.05, 3.63) is 129 Å². The molecular weight excluding hydrogens is 844 g/mol. The molecule has 7 aromatic rings. The maximum Gasteiger partial charge on any atom is 0.200 e. The molecule has 8 bridgehead atoms. The zero-order valence-electron chi connectivity index (χ0n) is 30.0. The van der Waals surface area contributed by atoms with E-state index >= 15 is 35.1 Å². The van der Waals surface area contributed by atoms with E-state index in [1.807, 2.05) is 0 Å². The summed E-state index contributed by atoms with van der Waals surface area (Å²) in [6.07, 6.45) is 1.82. The van der Waals surface area contributed by atoms with Gasteiger partial charge in [-0.25, -0.2) is 66.4 Å². The molecule has 0 radical (unpaired) electrons. The average Bonchev–Trinajstić information content (AvgIpc) is 4.11. The largest absolute Gasteiger partial charge is 0.378 e. The average molecular weight is 864 g/mol. The van der Waals surface area contributed by atoms with Crippen LogP contribution in [0.1, 0.15) is 11.4 Å². The van der Waals surface area contributed by atoms with Crippen molar-refractivity contribution in [2.24, 2.45) is 0 Å². The molecule has 0 saturated carbocycles. The molecule has 2 aliphatic rings. The van der Waals surface area contributed by atoms with E-state index < -0.39 is 148 Å². The number of H-pyrrole nitrogens is 3. The van der Waals surface area contributed by atoms with E-state index in [-0.39, 0.29) is 42.9 Å². The summed E-state index contributed by atoms with van der Waals surface area (Å²) in [5.41, 5.74) is -11.4. The third kappa shape index (κ3) is 5.93. The minimum absolute atomic E-state index is 0.0418. The highest BCUT2D eigenvalue weighted by molar-refractivity contribution is 6.00. The molecule has 0 atom stereocenters. The first-order valence-electron chi connectivity index (χ1n) is 17.7. The van der Waals surface area contributed by atoms with Gasteiger partial charge in [0.05, 0.1) is 52.3 Å². The Hall–Kier alpha value is -6.83. The minimum Gasteiger partial charge on any atom is -0.378 e. The number of rotatable bonds is 4. The van der Waals surface area contributed by atoms with Crippen LogP contribution >= 0.6 is 0 Å². The third-order valence-electron chi connectivity index (χ3n) is 10.3. The van der Waals surface area contributed by atoms with Gasteiger partial charge in [0.1, 0.15) is 5.69 Å². The van der Waals surface area contributed by atoms with Crippen molar-refractivity contribution in [3.8, 4) is 33.4 Å². The number of hydrogen-bond acceptors (Lipinski definition) is 3. The van der Waals surface area contributed by atoms with Crippen LogP contribution in [0.5, 0.6) is 0 Å². The summed E-state index contributed by atoms with van der Waals surface area (Å²) in [5.74, 6) is -31.6. The molecule has 0 spiro atoms. The molecule has 0 amide bonds. The van der Waals surface area contributed by atoms with E-state index in [4.69, 9.17) is 4.74 Å². The van der Waals surface area contributed by atoms with Crippen molar-refractivity contribution >= 4 is 50.9 Å². The van der Waals surface area contributed by atoms with E-state index in [1.165, 1.54) is 12.1 Å². The number of aromatic amines is 3. The van der Waals surface area contributed by atoms with Crippen LogP contribution in [0.2, 0.25) is 0 Å². The number of anilines is 1. The Balaban J connectivity index is 1.49. The smallest absolute Gasteiger partial charge is 0.200 e. The number of ether oxygens (including phenoxy) is 1. The summed E-state index contributed by atoms with van der Waals surface area (Å²) in [6, 6.07) is 6.52. The van der Waals surface area contributed by atoms with E-state index in [9.17, 15) is 26.3 Å². The Bertz CT molecular complexity index is 3110. The van der Waals surface area contributed by atoms with Gasteiger partial charge < -0.3 is 24.6 Å². The Morgan fingerprint density at radius 1 is 0.361 bits per heavy atom. The van der Waals surface area contributed by atoms with Gasteiger partial charge in [-0.1, -0.05) is 0 Å². The van der Waals surface area contributed by atoms with Crippen molar-refractivity contribution < 1.29 is 66.2 Å². The first-order valence-corrected chi connectivity index (χ1v) is 17.7. The first-order chi connectivity index (χ1) is 29.1. The van der Waals surface area contributed by atoms with Gasteiger partial charge in [-0.3, -0.25) is 0 Å². The third-order valence-corrected chi connectivity index (χ3v) is 10.3. The Morgan fingerprint density at radius 2 is 0.656 bits per heavy atom. The molecule has 3 N–H and O–H groups in total. The molecule has 1 saturated heterocycles. The van der Waals surface area contributed by atoms with Gasteiger partial charge in [0.2, 0.25) is 11.6 Å². The summed E-state index contributed by atoms with van der Waals surface area (Å²) < 4.78 is 220. The summed E-state index contributed by atoms with van der Waals surface area (Å²) in [7, 11) is 0. The minimum atomic E-state index is -2.51. The van der Waals surface area contributed by atoms with Gasteiger partial charge in [0, 0.05) is 51.8 Å². The van der Waals surface area contributed by atoms with Gasteiger partial charge in [0.25, 0.3) is 0 Å². The number of nitrogens with one attached hydrogen (secondary N) is 3. The highest BCUT2D eigenvalue weighted by Gasteiger charge is 2.34. The van der Waals surface area contributed by atoms with Crippen LogP contribution in [0, 0.1) is 81.4 Å². The molecule has 4 aromatic heterocycles. The molecule has 2 aliphatic heterocycles. The number of aromatic nitrogens is 4. The SMILES string of the molecule is Fc1c(F)c(F)c(-c2c3nc(c(-c4c(F)c(F)c(N5CCOCC5)c(F)c4F)c4ccc([nH]4)c(-c4c(F)c(F)c(F)c(F)c4F)c4ccc([nH]4)c4ccc2[nH]4)C=C3)c(F)c1F. The second-order valence-electron chi connectivity index (χ2n) is 13.7. The molecular formula is C41H19F14N5O.